The molecule has 1 amide bonds. The number of benzene rings is 1. The second-order valence-electron chi connectivity index (χ2n) is 9.67. The van der Waals surface area contributed by atoms with Crippen LogP contribution < -0.4 is 21.1 Å². The molecule has 0 unspecified atom stereocenters. The fraction of sp³-hybridized carbons (Fsp3) is 0.483. The van der Waals surface area contributed by atoms with E-state index >= 15 is 0 Å². The molecule has 4 N–H and O–H groups in total. The van der Waals surface area contributed by atoms with E-state index in [1.165, 1.54) is 18.5 Å². The Bertz CT molecular complexity index is 1150. The summed E-state index contributed by atoms with van der Waals surface area (Å²) < 4.78 is 0. The van der Waals surface area contributed by atoms with E-state index < -0.39 is 0 Å². The van der Waals surface area contributed by atoms with Crippen molar-refractivity contribution in [3.63, 3.8) is 0 Å². The number of allylic oxidation sites excluding steroid dienone is 2. The summed E-state index contributed by atoms with van der Waals surface area (Å²) in [7, 11) is 2.05. The van der Waals surface area contributed by atoms with Crippen molar-refractivity contribution >= 4 is 18.1 Å². The van der Waals surface area contributed by atoms with Crippen LogP contribution in [0.15, 0.2) is 41.2 Å². The van der Waals surface area contributed by atoms with Crippen LogP contribution >= 0.6 is 0 Å². The Labute approximate surface area is 219 Å². The van der Waals surface area contributed by atoms with Gasteiger partial charge < -0.3 is 25.6 Å². The smallest absolute Gasteiger partial charge is 0.290 e. The zero-order chi connectivity index (χ0) is 26.8. The average Bonchev–Trinajstić information content (AvgIpc) is 2.88. The number of hydrogen-bond acceptors (Lipinski definition) is 5. The van der Waals surface area contributed by atoms with Gasteiger partial charge in [0, 0.05) is 47.7 Å². The lowest BCUT2D eigenvalue weighted by molar-refractivity contribution is -0.122. The van der Waals surface area contributed by atoms with Crippen LogP contribution in [0.2, 0.25) is 0 Å². The molecule has 8 nitrogen and oxygen atoms in total. The highest BCUT2D eigenvalue weighted by molar-refractivity contribution is 5.97. The van der Waals surface area contributed by atoms with Crippen LogP contribution in [-0.2, 0) is 24.2 Å². The van der Waals surface area contributed by atoms with E-state index in [0.717, 1.165) is 55.5 Å². The number of anilines is 1. The van der Waals surface area contributed by atoms with Crippen molar-refractivity contribution in [3.05, 3.63) is 74.7 Å². The fourth-order valence-electron chi connectivity index (χ4n) is 5.60. The number of aromatic amines is 1. The van der Waals surface area contributed by atoms with Crippen LogP contribution in [0.1, 0.15) is 71.8 Å². The first-order valence-electron chi connectivity index (χ1n) is 13.2. The van der Waals surface area contributed by atoms with E-state index in [9.17, 15) is 9.59 Å². The fourth-order valence-corrected chi connectivity index (χ4v) is 5.60. The van der Waals surface area contributed by atoms with Crippen molar-refractivity contribution in [2.24, 2.45) is 0 Å². The van der Waals surface area contributed by atoms with Gasteiger partial charge in [0.15, 0.2) is 0 Å². The molecule has 2 aliphatic rings. The Morgan fingerprint density at radius 3 is 2.54 bits per heavy atom. The topological polar surface area (TPSA) is 115 Å². The average molecular weight is 509 g/mol. The van der Waals surface area contributed by atoms with E-state index in [2.05, 4.69) is 52.7 Å². The molecule has 1 aromatic heterocycles. The quantitative estimate of drug-likeness (QED) is 0.370. The van der Waals surface area contributed by atoms with Gasteiger partial charge in [-0.3, -0.25) is 14.4 Å². The number of rotatable bonds is 4. The van der Waals surface area contributed by atoms with E-state index in [-0.39, 0.29) is 24.5 Å². The third-order valence-corrected chi connectivity index (χ3v) is 7.45. The Morgan fingerprint density at radius 1 is 1.14 bits per heavy atom. The number of hydrogen-bond donors (Lipinski definition) is 4. The molecule has 2 aromatic rings. The first kappa shape index (κ1) is 28.2. The maximum atomic E-state index is 13.4. The molecule has 37 heavy (non-hydrogen) atoms. The van der Waals surface area contributed by atoms with E-state index in [1.54, 1.807) is 0 Å². The molecule has 1 aromatic carbocycles. The number of aromatic nitrogens is 1. The number of amides is 1. The number of aryl methyl sites for hydroxylation is 2. The second-order valence-corrected chi connectivity index (χ2v) is 9.67. The highest BCUT2D eigenvalue weighted by Gasteiger charge is 2.27. The summed E-state index contributed by atoms with van der Waals surface area (Å²) in [5.74, 6) is -0.119. The molecule has 8 heteroatoms. The summed E-state index contributed by atoms with van der Waals surface area (Å²) in [5.41, 5.74) is 5.35. The van der Waals surface area contributed by atoms with Gasteiger partial charge in [0.1, 0.15) is 0 Å². The zero-order valence-corrected chi connectivity index (χ0v) is 22.2. The molecular formula is C29H40N4O4. The molecule has 0 bridgehead atoms. The lowest BCUT2D eigenvalue weighted by atomic mass is 9.89. The largest absolute Gasteiger partial charge is 0.483 e. The van der Waals surface area contributed by atoms with E-state index in [1.807, 2.05) is 25.1 Å². The van der Waals surface area contributed by atoms with Crippen molar-refractivity contribution in [2.75, 3.05) is 18.5 Å². The second kappa shape index (κ2) is 13.8. The van der Waals surface area contributed by atoms with Crippen LogP contribution in [-0.4, -0.2) is 48.1 Å². The molecular weight excluding hydrogens is 468 g/mol. The number of carbonyl (C=O) groups is 2. The molecule has 4 rings (SSSR count). The van der Waals surface area contributed by atoms with Crippen LogP contribution in [0, 0.1) is 6.92 Å². The van der Waals surface area contributed by atoms with E-state index in [4.69, 9.17) is 9.90 Å². The van der Waals surface area contributed by atoms with Crippen molar-refractivity contribution in [2.45, 2.75) is 77.4 Å². The molecule has 1 fully saturated rings. The molecule has 1 saturated carbocycles. The van der Waals surface area contributed by atoms with Crippen molar-refractivity contribution in [1.82, 2.24) is 15.6 Å². The van der Waals surface area contributed by atoms with Gasteiger partial charge >= 0.3 is 0 Å². The van der Waals surface area contributed by atoms with Gasteiger partial charge in [0.05, 0.1) is 0 Å². The Kier molecular flexibility index (Phi) is 10.5. The van der Waals surface area contributed by atoms with Gasteiger partial charge in [-0.15, -0.1) is 0 Å². The molecule has 200 valence electrons. The highest BCUT2D eigenvalue weighted by atomic mass is 16.3. The van der Waals surface area contributed by atoms with Crippen LogP contribution in [0.5, 0.6) is 0 Å². The van der Waals surface area contributed by atoms with Crippen molar-refractivity contribution in [3.8, 4) is 0 Å². The number of nitrogens with zero attached hydrogens (tertiary/aromatic N) is 1. The summed E-state index contributed by atoms with van der Waals surface area (Å²) >= 11 is 0. The first-order valence-corrected chi connectivity index (χ1v) is 13.2. The van der Waals surface area contributed by atoms with Gasteiger partial charge in [-0.25, -0.2) is 0 Å². The third kappa shape index (κ3) is 7.10. The van der Waals surface area contributed by atoms with Crippen LogP contribution in [0.25, 0.3) is 0 Å². The number of carbonyl (C=O) groups excluding carboxylic acids is 1. The van der Waals surface area contributed by atoms with Gasteiger partial charge in [-0.05, 0) is 95.2 Å². The maximum absolute atomic E-state index is 13.4. The number of H-pyrrole nitrogens is 1. The minimum atomic E-state index is -0.250. The SMILES string of the molecule is CCN(c1cccc2c1C/C=C\CCc1cc(C)[nH]c(=O)c1CNC2=O)[C@H]1CC[C@H](NC)CC1.O=CO. The molecule has 2 heterocycles. The summed E-state index contributed by atoms with van der Waals surface area (Å²) in [6, 6.07) is 9.20. The lowest BCUT2D eigenvalue weighted by Crippen LogP contribution is -2.42. The number of nitrogens with one attached hydrogen (secondary N) is 3. The van der Waals surface area contributed by atoms with E-state index in [0.29, 0.717) is 23.2 Å². The monoisotopic (exact) mass is 508 g/mol. The van der Waals surface area contributed by atoms with Crippen LogP contribution in [0.3, 0.4) is 0 Å². The first-order chi connectivity index (χ1) is 17.9. The number of carboxylic acid groups (broad SMARTS) is 1. The summed E-state index contributed by atoms with van der Waals surface area (Å²) in [6.45, 7) is 5.01. The summed E-state index contributed by atoms with van der Waals surface area (Å²) in [4.78, 5) is 39.7. The van der Waals surface area contributed by atoms with Gasteiger partial charge in [-0.2, -0.15) is 0 Å². The molecule has 0 spiro atoms. The normalized spacial score (nSPS) is 20.5. The molecule has 0 radical (unpaired) electrons. The van der Waals surface area contributed by atoms with Crippen molar-refractivity contribution in [1.29, 1.82) is 0 Å². The Hall–Kier alpha value is -3.39. The van der Waals surface area contributed by atoms with Gasteiger partial charge in [0.25, 0.3) is 17.9 Å². The maximum Gasteiger partial charge on any atom is 0.290 e. The van der Waals surface area contributed by atoms with Crippen LogP contribution in [0.4, 0.5) is 5.69 Å². The number of pyridine rings is 1. The van der Waals surface area contributed by atoms with Crippen molar-refractivity contribution < 1.29 is 14.7 Å². The minimum absolute atomic E-state index is 0.111. The highest BCUT2D eigenvalue weighted by Crippen LogP contribution is 2.32. The standard InChI is InChI=1S/C28H38N4O2.CH2O2/c1-4-32(22-15-13-21(29-3)14-16-22)26-12-8-11-24-23(26)10-7-5-6-9-20-17-19(2)31-28(34)25(20)18-30-27(24)33;2-1-3/h5,7-8,11-12,17,21-22,29H,4,6,9-10,13-16,18H2,1-3H3,(H,30,33)(H,31,34);1H,(H,2,3)/b7-5-;/t21-,22-;. The summed E-state index contributed by atoms with van der Waals surface area (Å²) in [6.07, 6.45) is 11.4. The predicted molar refractivity (Wildman–Crippen MR) is 147 cm³/mol. The molecule has 0 atom stereocenters. The predicted octanol–water partition coefficient (Wildman–Crippen LogP) is 3.72. The lowest BCUT2D eigenvalue weighted by Gasteiger charge is -2.39. The molecule has 1 aliphatic heterocycles. The molecule has 1 aliphatic carbocycles. The van der Waals surface area contributed by atoms with Gasteiger partial charge in [0.2, 0.25) is 0 Å². The van der Waals surface area contributed by atoms with Gasteiger partial charge in [-0.1, -0.05) is 18.2 Å². The summed E-state index contributed by atoms with van der Waals surface area (Å²) in [5, 5.41) is 13.4. The Balaban J connectivity index is 0.00000121. The molecule has 0 saturated heterocycles. The zero-order valence-electron chi connectivity index (χ0n) is 22.2. The third-order valence-electron chi connectivity index (χ3n) is 7.45. The minimum Gasteiger partial charge on any atom is -0.483 e. The number of fused-ring (bicyclic) bond motifs is 2. The Morgan fingerprint density at radius 2 is 1.86 bits per heavy atom.